The van der Waals surface area contributed by atoms with Gasteiger partial charge in [-0.3, -0.25) is 4.79 Å². The molecule has 0 fully saturated rings. The molecule has 2 N–H and O–H groups in total. The van der Waals surface area contributed by atoms with Gasteiger partial charge in [-0.05, 0) is 49.2 Å². The number of nitriles is 1. The van der Waals surface area contributed by atoms with Gasteiger partial charge in [0.05, 0.1) is 17.2 Å². The lowest BCUT2D eigenvalue weighted by molar-refractivity contribution is -0.144. The SMILES string of the molecule is CC(C)(C#N)c1ccc(F)c(-n2c3nc(Nc4ccc5c(c4)CNCC5(C)C)ncc3c(=O)n2CC(F)(F)F)n1. The molecule has 208 valence electrons. The van der Waals surface area contributed by atoms with E-state index in [0.717, 1.165) is 24.4 Å². The summed E-state index contributed by atoms with van der Waals surface area (Å²) in [6.45, 7) is 7.11. The highest BCUT2D eigenvalue weighted by atomic mass is 19.4. The number of fused-ring (bicyclic) bond motifs is 2. The van der Waals surface area contributed by atoms with E-state index in [0.29, 0.717) is 21.6 Å². The average Bonchev–Trinajstić information content (AvgIpc) is 3.13. The average molecular weight is 555 g/mol. The number of aromatic nitrogens is 5. The van der Waals surface area contributed by atoms with Crippen LogP contribution in [0.5, 0.6) is 0 Å². The summed E-state index contributed by atoms with van der Waals surface area (Å²) in [6, 6.07) is 10.1. The van der Waals surface area contributed by atoms with E-state index in [9.17, 15) is 23.2 Å². The minimum Gasteiger partial charge on any atom is -0.324 e. The van der Waals surface area contributed by atoms with Crippen molar-refractivity contribution in [2.45, 2.75) is 57.8 Å². The van der Waals surface area contributed by atoms with Crippen LogP contribution in [-0.2, 0) is 23.9 Å². The Morgan fingerprint density at radius 2 is 1.93 bits per heavy atom. The Balaban J connectivity index is 1.67. The highest BCUT2D eigenvalue weighted by Gasteiger charge is 2.33. The van der Waals surface area contributed by atoms with Crippen molar-refractivity contribution in [3.63, 3.8) is 0 Å². The molecule has 40 heavy (non-hydrogen) atoms. The Labute approximate surface area is 226 Å². The number of rotatable bonds is 5. The van der Waals surface area contributed by atoms with Crippen LogP contribution in [0.25, 0.3) is 16.9 Å². The first-order valence-corrected chi connectivity index (χ1v) is 12.5. The van der Waals surface area contributed by atoms with E-state index in [1.165, 1.54) is 25.5 Å². The zero-order valence-corrected chi connectivity index (χ0v) is 22.2. The molecule has 1 aromatic carbocycles. The van der Waals surface area contributed by atoms with Crippen LogP contribution >= 0.6 is 0 Å². The summed E-state index contributed by atoms with van der Waals surface area (Å²) in [5, 5.41) is 15.7. The Bertz CT molecular complexity index is 1730. The van der Waals surface area contributed by atoms with Gasteiger partial charge in [0.15, 0.2) is 17.3 Å². The van der Waals surface area contributed by atoms with Crippen molar-refractivity contribution in [2.24, 2.45) is 0 Å². The molecule has 4 aromatic rings. The van der Waals surface area contributed by atoms with Crippen LogP contribution in [0.3, 0.4) is 0 Å². The maximum atomic E-state index is 15.1. The Morgan fingerprint density at radius 1 is 1.18 bits per heavy atom. The van der Waals surface area contributed by atoms with Gasteiger partial charge in [0, 0.05) is 30.4 Å². The second-order valence-electron chi connectivity index (χ2n) is 10.9. The van der Waals surface area contributed by atoms with Crippen molar-refractivity contribution in [1.29, 1.82) is 5.26 Å². The summed E-state index contributed by atoms with van der Waals surface area (Å²) in [5.41, 5.74) is 0.410. The molecule has 1 aliphatic rings. The first-order valence-electron chi connectivity index (χ1n) is 12.5. The Hall–Kier alpha value is -4.31. The third kappa shape index (κ3) is 4.90. The first kappa shape index (κ1) is 27.3. The van der Waals surface area contributed by atoms with Gasteiger partial charge in [0.25, 0.3) is 5.56 Å². The van der Waals surface area contributed by atoms with Crippen LogP contribution in [0.2, 0.25) is 0 Å². The minimum atomic E-state index is -4.81. The lowest BCUT2D eigenvalue weighted by Gasteiger charge is -2.33. The molecule has 0 aliphatic carbocycles. The molecular weight excluding hydrogens is 528 g/mol. The fourth-order valence-corrected chi connectivity index (χ4v) is 4.81. The van der Waals surface area contributed by atoms with Crippen molar-refractivity contribution >= 4 is 22.7 Å². The van der Waals surface area contributed by atoms with Gasteiger partial charge in [0.2, 0.25) is 5.95 Å². The number of nitrogens with zero attached hydrogens (tertiary/aromatic N) is 6. The number of alkyl halides is 3. The smallest absolute Gasteiger partial charge is 0.324 e. The molecule has 4 heterocycles. The number of hydrogen-bond donors (Lipinski definition) is 2. The molecule has 0 unspecified atom stereocenters. The monoisotopic (exact) mass is 554 g/mol. The van der Waals surface area contributed by atoms with Gasteiger partial charge in [-0.25, -0.2) is 23.7 Å². The Morgan fingerprint density at radius 3 is 2.62 bits per heavy atom. The first-order chi connectivity index (χ1) is 18.7. The molecule has 0 bridgehead atoms. The lowest BCUT2D eigenvalue weighted by Crippen LogP contribution is -2.38. The number of benzene rings is 1. The van der Waals surface area contributed by atoms with Crippen LogP contribution < -0.4 is 16.2 Å². The fourth-order valence-electron chi connectivity index (χ4n) is 4.81. The maximum Gasteiger partial charge on any atom is 0.408 e. The molecule has 3 aromatic heterocycles. The fraction of sp³-hybridized carbons (Fsp3) is 0.370. The van der Waals surface area contributed by atoms with Crippen LogP contribution in [0.4, 0.5) is 29.2 Å². The third-order valence-electron chi connectivity index (χ3n) is 6.93. The molecule has 9 nitrogen and oxygen atoms in total. The summed E-state index contributed by atoms with van der Waals surface area (Å²) < 4.78 is 56.8. The molecule has 5 rings (SSSR count). The largest absolute Gasteiger partial charge is 0.408 e. The van der Waals surface area contributed by atoms with Crippen molar-refractivity contribution in [2.75, 3.05) is 11.9 Å². The summed E-state index contributed by atoms with van der Waals surface area (Å²) in [7, 11) is 0. The van der Waals surface area contributed by atoms with Gasteiger partial charge in [-0.2, -0.15) is 23.4 Å². The van der Waals surface area contributed by atoms with Crippen LogP contribution in [0, 0.1) is 17.1 Å². The number of nitrogens with one attached hydrogen (secondary N) is 2. The normalized spacial score (nSPS) is 15.1. The molecule has 0 saturated carbocycles. The second kappa shape index (κ2) is 9.41. The van der Waals surface area contributed by atoms with Crippen LogP contribution in [-0.4, -0.2) is 37.0 Å². The molecular formula is C27H26F4N8O. The zero-order chi connectivity index (χ0) is 29.0. The molecule has 1 aliphatic heterocycles. The summed E-state index contributed by atoms with van der Waals surface area (Å²) in [4.78, 5) is 25.7. The maximum absolute atomic E-state index is 15.1. The van der Waals surface area contributed by atoms with Crippen molar-refractivity contribution in [3.8, 4) is 11.9 Å². The minimum absolute atomic E-state index is 0.0118. The molecule has 0 atom stereocenters. The molecule has 13 heteroatoms. The van der Waals surface area contributed by atoms with Crippen molar-refractivity contribution < 1.29 is 17.6 Å². The summed E-state index contributed by atoms with van der Waals surface area (Å²) in [6.07, 6.45) is -3.71. The van der Waals surface area contributed by atoms with Crippen LogP contribution in [0.15, 0.2) is 41.3 Å². The van der Waals surface area contributed by atoms with Gasteiger partial charge >= 0.3 is 6.18 Å². The number of anilines is 2. The van der Waals surface area contributed by atoms with Gasteiger partial charge in [-0.1, -0.05) is 19.9 Å². The predicted octanol–water partition coefficient (Wildman–Crippen LogP) is 4.60. The molecule has 0 saturated heterocycles. The summed E-state index contributed by atoms with van der Waals surface area (Å²) >= 11 is 0. The second-order valence-corrected chi connectivity index (χ2v) is 10.9. The molecule has 0 amide bonds. The topological polar surface area (TPSA) is 113 Å². The Kier molecular flexibility index (Phi) is 6.41. The third-order valence-corrected chi connectivity index (χ3v) is 6.93. The highest BCUT2D eigenvalue weighted by Crippen LogP contribution is 2.32. The van der Waals surface area contributed by atoms with E-state index in [2.05, 4.69) is 39.4 Å². The van der Waals surface area contributed by atoms with E-state index in [1.54, 1.807) is 0 Å². The van der Waals surface area contributed by atoms with E-state index >= 15 is 4.39 Å². The number of hydrogen-bond acceptors (Lipinski definition) is 7. The zero-order valence-electron chi connectivity index (χ0n) is 22.2. The van der Waals surface area contributed by atoms with Crippen molar-refractivity contribution in [3.05, 3.63) is 69.5 Å². The quantitative estimate of drug-likeness (QED) is 0.347. The number of pyridine rings is 1. The van der Waals surface area contributed by atoms with Gasteiger partial charge < -0.3 is 10.6 Å². The molecule has 0 spiro atoms. The standard InChI is InChI=1S/C27H26F4N8O/c1-25(2,12-32)20-8-7-19(28)22(36-20)39-21-17(23(40)38(39)14-27(29,30)31)11-34-24(37-21)35-16-5-6-18-15(9-16)10-33-13-26(18,3)4/h5-9,11,33H,10,13-14H2,1-4H3,(H,34,35,37). The van der Waals surface area contributed by atoms with E-state index < -0.39 is 35.3 Å². The van der Waals surface area contributed by atoms with Gasteiger partial charge in [-0.15, -0.1) is 0 Å². The molecule has 0 radical (unpaired) electrons. The van der Waals surface area contributed by atoms with Crippen molar-refractivity contribution in [1.82, 2.24) is 29.6 Å². The highest BCUT2D eigenvalue weighted by molar-refractivity contribution is 5.77. The predicted molar refractivity (Wildman–Crippen MR) is 140 cm³/mol. The lowest BCUT2D eigenvalue weighted by atomic mass is 9.79. The summed E-state index contributed by atoms with van der Waals surface area (Å²) in [5.74, 6) is -1.60. The van der Waals surface area contributed by atoms with Gasteiger partial charge in [0.1, 0.15) is 11.9 Å². The van der Waals surface area contributed by atoms with E-state index in [1.807, 2.05) is 24.3 Å². The number of halogens is 4. The van der Waals surface area contributed by atoms with E-state index in [-0.39, 0.29) is 28.1 Å². The van der Waals surface area contributed by atoms with E-state index in [4.69, 9.17) is 0 Å². The van der Waals surface area contributed by atoms with Crippen LogP contribution in [0.1, 0.15) is 44.5 Å².